The van der Waals surface area contributed by atoms with Gasteiger partial charge >= 0.3 is 5.97 Å². The second-order valence-corrected chi connectivity index (χ2v) is 8.40. The molecule has 0 aromatic heterocycles. The van der Waals surface area contributed by atoms with Gasteiger partial charge in [-0.3, -0.25) is 4.79 Å². The number of hydrogen-bond acceptors (Lipinski definition) is 7. The van der Waals surface area contributed by atoms with Crippen LogP contribution in [0.15, 0.2) is 18.2 Å². The highest BCUT2D eigenvalue weighted by molar-refractivity contribution is 7.91. The summed E-state index contributed by atoms with van der Waals surface area (Å²) in [6, 6.07) is 4.32. The molecule has 0 radical (unpaired) electrons. The molecule has 8 nitrogen and oxygen atoms in total. The van der Waals surface area contributed by atoms with Crippen LogP contribution < -0.4 is 9.47 Å². The number of nitrogens with zero attached hydrogens (tertiary/aromatic N) is 1. The average molecular weight is 383 g/mol. The maximum absolute atomic E-state index is 12.3. The van der Waals surface area contributed by atoms with Gasteiger partial charge in [-0.15, -0.1) is 0 Å². The van der Waals surface area contributed by atoms with E-state index in [-0.39, 0.29) is 23.1 Å². The number of carbonyl (C=O) groups excluding carboxylic acids is 2. The van der Waals surface area contributed by atoms with Gasteiger partial charge in [0.2, 0.25) is 0 Å². The Morgan fingerprint density at radius 3 is 2.62 bits per heavy atom. The van der Waals surface area contributed by atoms with E-state index < -0.39 is 28.3 Å². The number of fused-ring (bicyclic) bond motifs is 1. The van der Waals surface area contributed by atoms with Crippen molar-refractivity contribution in [2.45, 2.75) is 19.4 Å². The van der Waals surface area contributed by atoms with Crippen molar-refractivity contribution in [1.29, 1.82) is 0 Å². The minimum atomic E-state index is -3.09. The van der Waals surface area contributed by atoms with Crippen molar-refractivity contribution in [3.05, 3.63) is 23.8 Å². The first-order chi connectivity index (χ1) is 12.4. The van der Waals surface area contributed by atoms with Crippen LogP contribution in [0.5, 0.6) is 11.5 Å². The molecule has 142 valence electrons. The highest BCUT2D eigenvalue weighted by atomic mass is 32.2. The largest absolute Gasteiger partial charge is 0.486 e. The van der Waals surface area contributed by atoms with Gasteiger partial charge in [0.05, 0.1) is 17.1 Å². The fourth-order valence-electron chi connectivity index (χ4n) is 3.12. The number of carbonyl (C=O) groups is 2. The first kappa shape index (κ1) is 18.5. The van der Waals surface area contributed by atoms with Crippen LogP contribution in [0.1, 0.15) is 23.7 Å². The SMILES string of the molecule is CCN(C(=O)COC(=O)c1ccc2c(c1)OCCO2)[C@H]1CCS(=O)(=O)C1. The molecule has 2 heterocycles. The molecule has 1 amide bonds. The molecule has 1 atom stereocenters. The van der Waals surface area contributed by atoms with E-state index in [2.05, 4.69) is 0 Å². The minimum Gasteiger partial charge on any atom is -0.486 e. The Hall–Kier alpha value is -2.29. The van der Waals surface area contributed by atoms with Gasteiger partial charge in [0.1, 0.15) is 13.2 Å². The standard InChI is InChI=1S/C17H21NO7S/c1-2-18(13-5-8-26(21,22)11-13)16(19)10-25-17(20)12-3-4-14-15(9-12)24-7-6-23-14/h3-4,9,13H,2,5-8,10-11H2,1H3/t13-/m0/s1. The third kappa shape index (κ3) is 4.09. The molecule has 0 spiro atoms. The molecular weight excluding hydrogens is 362 g/mol. The molecule has 3 rings (SSSR count). The van der Waals surface area contributed by atoms with Crippen molar-refractivity contribution in [2.24, 2.45) is 0 Å². The third-order valence-electron chi connectivity index (χ3n) is 4.41. The van der Waals surface area contributed by atoms with Crippen LogP contribution in [0.4, 0.5) is 0 Å². The smallest absolute Gasteiger partial charge is 0.338 e. The Morgan fingerprint density at radius 1 is 1.23 bits per heavy atom. The summed E-state index contributed by atoms with van der Waals surface area (Å²) in [4.78, 5) is 26.0. The maximum atomic E-state index is 12.3. The van der Waals surface area contributed by atoms with E-state index in [1.165, 1.54) is 11.0 Å². The van der Waals surface area contributed by atoms with Crippen LogP contribution in [0, 0.1) is 0 Å². The Bertz CT molecular complexity index is 805. The lowest BCUT2D eigenvalue weighted by atomic mass is 10.2. The molecule has 1 aromatic rings. The number of esters is 1. The zero-order chi connectivity index (χ0) is 18.7. The first-order valence-electron chi connectivity index (χ1n) is 8.46. The maximum Gasteiger partial charge on any atom is 0.338 e. The average Bonchev–Trinajstić information content (AvgIpc) is 2.99. The minimum absolute atomic E-state index is 0.0390. The number of benzene rings is 1. The lowest BCUT2D eigenvalue weighted by Crippen LogP contribution is -2.43. The van der Waals surface area contributed by atoms with Crippen LogP contribution >= 0.6 is 0 Å². The number of sulfone groups is 1. The van der Waals surface area contributed by atoms with E-state index in [1.54, 1.807) is 19.1 Å². The summed E-state index contributed by atoms with van der Waals surface area (Å²) < 4.78 is 39.1. The molecule has 2 aliphatic heterocycles. The third-order valence-corrected chi connectivity index (χ3v) is 6.17. The van der Waals surface area contributed by atoms with Gasteiger partial charge in [-0.1, -0.05) is 0 Å². The van der Waals surface area contributed by atoms with Crippen molar-refractivity contribution in [3.8, 4) is 11.5 Å². The van der Waals surface area contributed by atoms with Crippen molar-refractivity contribution < 1.29 is 32.2 Å². The van der Waals surface area contributed by atoms with E-state index in [0.29, 0.717) is 37.7 Å². The Morgan fingerprint density at radius 2 is 1.96 bits per heavy atom. The van der Waals surface area contributed by atoms with Crippen LogP contribution in [0.25, 0.3) is 0 Å². The summed E-state index contributed by atoms with van der Waals surface area (Å²) in [7, 11) is -3.09. The molecule has 0 saturated carbocycles. The Labute approximate surface area is 151 Å². The Balaban J connectivity index is 1.59. The molecule has 0 unspecified atom stereocenters. The molecule has 26 heavy (non-hydrogen) atoms. The lowest BCUT2D eigenvalue weighted by Gasteiger charge is -2.26. The normalized spacial score (nSPS) is 20.4. The van der Waals surface area contributed by atoms with Gasteiger partial charge in [0, 0.05) is 12.6 Å². The number of likely N-dealkylation sites (N-methyl/N-ethyl adjacent to an activating group) is 1. The quantitative estimate of drug-likeness (QED) is 0.688. The molecule has 0 N–H and O–H groups in total. The molecule has 1 aromatic carbocycles. The topological polar surface area (TPSA) is 99.2 Å². The summed E-state index contributed by atoms with van der Waals surface area (Å²) in [6.07, 6.45) is 0.415. The summed E-state index contributed by atoms with van der Waals surface area (Å²) in [6.45, 7) is 2.55. The highest BCUT2D eigenvalue weighted by Gasteiger charge is 2.34. The summed E-state index contributed by atoms with van der Waals surface area (Å²) in [5, 5.41) is 0. The Kier molecular flexibility index (Phi) is 5.36. The van der Waals surface area contributed by atoms with E-state index in [9.17, 15) is 18.0 Å². The van der Waals surface area contributed by atoms with Gasteiger partial charge in [-0.2, -0.15) is 0 Å². The first-order valence-corrected chi connectivity index (χ1v) is 10.3. The van der Waals surface area contributed by atoms with Crippen LogP contribution in [-0.2, 0) is 19.4 Å². The van der Waals surface area contributed by atoms with Gasteiger partial charge < -0.3 is 19.1 Å². The van der Waals surface area contributed by atoms with E-state index in [0.717, 1.165) is 0 Å². The molecule has 2 aliphatic rings. The number of rotatable bonds is 5. The van der Waals surface area contributed by atoms with Gasteiger partial charge in [0.25, 0.3) is 5.91 Å². The van der Waals surface area contributed by atoms with Crippen molar-refractivity contribution in [2.75, 3.05) is 37.9 Å². The monoisotopic (exact) mass is 383 g/mol. The lowest BCUT2D eigenvalue weighted by molar-refractivity contribution is -0.136. The number of amides is 1. The molecule has 9 heteroatoms. The molecule has 0 aliphatic carbocycles. The van der Waals surface area contributed by atoms with E-state index in [1.807, 2.05) is 0 Å². The van der Waals surface area contributed by atoms with Crippen molar-refractivity contribution in [1.82, 2.24) is 4.90 Å². The highest BCUT2D eigenvalue weighted by Crippen LogP contribution is 2.30. The second kappa shape index (κ2) is 7.53. The number of hydrogen-bond donors (Lipinski definition) is 0. The fraction of sp³-hybridized carbons (Fsp3) is 0.529. The van der Waals surface area contributed by atoms with Gasteiger partial charge in [0.15, 0.2) is 27.9 Å². The van der Waals surface area contributed by atoms with E-state index >= 15 is 0 Å². The second-order valence-electron chi connectivity index (χ2n) is 6.17. The van der Waals surface area contributed by atoms with Crippen molar-refractivity contribution >= 4 is 21.7 Å². The molecule has 1 fully saturated rings. The van der Waals surface area contributed by atoms with E-state index in [4.69, 9.17) is 14.2 Å². The van der Waals surface area contributed by atoms with Crippen LogP contribution in [0.2, 0.25) is 0 Å². The predicted octanol–water partition coefficient (Wildman–Crippen LogP) is 0.650. The fourth-order valence-corrected chi connectivity index (χ4v) is 4.85. The zero-order valence-electron chi connectivity index (χ0n) is 14.5. The van der Waals surface area contributed by atoms with Gasteiger partial charge in [-0.25, -0.2) is 13.2 Å². The van der Waals surface area contributed by atoms with Crippen LogP contribution in [-0.4, -0.2) is 69.1 Å². The van der Waals surface area contributed by atoms with Gasteiger partial charge in [-0.05, 0) is 31.5 Å². The van der Waals surface area contributed by atoms with Crippen LogP contribution in [0.3, 0.4) is 0 Å². The molecule has 0 bridgehead atoms. The predicted molar refractivity (Wildman–Crippen MR) is 92.2 cm³/mol. The summed E-state index contributed by atoms with van der Waals surface area (Å²) in [5.74, 6) is 0.0129. The molecular formula is C17H21NO7S. The zero-order valence-corrected chi connectivity index (χ0v) is 15.3. The summed E-state index contributed by atoms with van der Waals surface area (Å²) >= 11 is 0. The van der Waals surface area contributed by atoms with Crippen molar-refractivity contribution in [3.63, 3.8) is 0 Å². The molecule has 1 saturated heterocycles. The number of ether oxygens (including phenoxy) is 3. The summed E-state index contributed by atoms with van der Waals surface area (Å²) in [5.41, 5.74) is 0.258.